The van der Waals surface area contributed by atoms with E-state index in [1.54, 1.807) is 0 Å². The van der Waals surface area contributed by atoms with Crippen molar-refractivity contribution in [2.45, 2.75) is 36.5 Å². The molecule has 0 spiro atoms. The third-order valence-corrected chi connectivity index (χ3v) is 10.6. The first kappa shape index (κ1) is 33.0. The summed E-state index contributed by atoms with van der Waals surface area (Å²) in [5.74, 6) is -8.88. The van der Waals surface area contributed by atoms with Gasteiger partial charge >= 0.3 is 6.09 Å². The molecule has 0 heterocycles. The van der Waals surface area contributed by atoms with Gasteiger partial charge in [0.2, 0.25) is 5.78 Å². The van der Waals surface area contributed by atoms with Crippen LogP contribution in [0.5, 0.6) is 5.75 Å². The number of carbonyl (C=O) groups is 4. The molecule has 9 N–H and O–H groups in total. The van der Waals surface area contributed by atoms with E-state index in [4.69, 9.17) is 10.5 Å². The van der Waals surface area contributed by atoms with Crippen molar-refractivity contribution in [3.05, 3.63) is 106 Å². The minimum absolute atomic E-state index is 0.0720. The number of nitrogens with two attached hydrogens (primary N) is 1. The van der Waals surface area contributed by atoms with Crippen LogP contribution in [-0.4, -0.2) is 80.4 Å². The number of aromatic hydroxyl groups is 1. The van der Waals surface area contributed by atoms with Crippen LogP contribution >= 0.6 is 0 Å². The zero-order valence-electron chi connectivity index (χ0n) is 26.8. The number of carbonyl (C=O) groups excluding carboxylic acids is 4. The summed E-state index contributed by atoms with van der Waals surface area (Å²) in [6.45, 7) is 1.25. The first-order valence-electron chi connectivity index (χ1n) is 16.2. The van der Waals surface area contributed by atoms with Gasteiger partial charge < -0.3 is 46.6 Å². The van der Waals surface area contributed by atoms with E-state index >= 15 is 0 Å². The standard InChI is InChI=1S/C37H35N3O10/c1-36(48)22-11-6-12-25(41)26(22)30(42)27-23(36)15-24-29(31(43)28(34(38)46)33(45)37(24,49)32(27)44)39-13-14-40-35(47)50-16-21-19-9-4-2-7-17(19)18-8-3-5-10-20(18)21/h2-12,21,23-24,29,39,41-42,45,48-49H,13-16H2,1H3,(H2,38,46)(H,40,47)/t23-,24-,29-,36+,37-/m0/s1. The highest BCUT2D eigenvalue weighted by Gasteiger charge is 2.66. The minimum Gasteiger partial charge on any atom is -0.508 e. The average Bonchev–Trinajstić information content (AvgIpc) is 3.40. The number of primary amides is 1. The molecule has 0 saturated heterocycles. The van der Waals surface area contributed by atoms with E-state index in [-0.39, 0.29) is 43.2 Å². The van der Waals surface area contributed by atoms with Crippen LogP contribution in [0.4, 0.5) is 4.79 Å². The number of aliphatic hydroxyl groups is 4. The maximum Gasteiger partial charge on any atom is 0.407 e. The van der Waals surface area contributed by atoms with Gasteiger partial charge in [-0.2, -0.15) is 0 Å². The van der Waals surface area contributed by atoms with Crippen LogP contribution in [-0.2, 0) is 24.7 Å². The second-order valence-corrected chi connectivity index (χ2v) is 13.2. The van der Waals surface area contributed by atoms with Crippen LogP contribution in [0.25, 0.3) is 16.9 Å². The zero-order valence-corrected chi connectivity index (χ0v) is 26.8. The maximum atomic E-state index is 14.1. The fourth-order valence-electron chi connectivity index (χ4n) is 8.21. The Bertz CT molecular complexity index is 2010. The van der Waals surface area contributed by atoms with E-state index in [1.165, 1.54) is 25.1 Å². The lowest BCUT2D eigenvalue weighted by molar-refractivity contribution is -0.155. The number of ketones is 2. The van der Waals surface area contributed by atoms with Crippen LogP contribution in [0.1, 0.15) is 41.5 Å². The van der Waals surface area contributed by atoms with Crippen molar-refractivity contribution in [3.8, 4) is 16.9 Å². The van der Waals surface area contributed by atoms with Gasteiger partial charge in [-0.1, -0.05) is 60.7 Å². The molecule has 0 aliphatic heterocycles. The number of ether oxygens (including phenoxy) is 1. The largest absolute Gasteiger partial charge is 0.508 e. The molecule has 4 aliphatic carbocycles. The summed E-state index contributed by atoms with van der Waals surface area (Å²) >= 11 is 0. The molecular weight excluding hydrogens is 646 g/mol. The van der Waals surface area contributed by atoms with Crippen LogP contribution in [0, 0.1) is 11.8 Å². The van der Waals surface area contributed by atoms with E-state index in [0.29, 0.717) is 0 Å². The smallest absolute Gasteiger partial charge is 0.407 e. The third-order valence-electron chi connectivity index (χ3n) is 10.6. The lowest BCUT2D eigenvalue weighted by atomic mass is 9.54. The van der Waals surface area contributed by atoms with Gasteiger partial charge in [0.05, 0.1) is 17.2 Å². The summed E-state index contributed by atoms with van der Waals surface area (Å²) in [6.07, 6.45) is -1.06. The molecule has 4 aliphatic rings. The van der Waals surface area contributed by atoms with Crippen molar-refractivity contribution in [2.75, 3.05) is 19.7 Å². The SMILES string of the molecule is C[C@@]1(O)c2cccc(O)c2C(O)=C2C(=O)[C@]3(O)C(O)=C(C(N)=O)C(=O)[C@@H](NCCNC(=O)OCC4c5ccccc5-c5ccccc54)[C@@H]3C[C@@H]21. The summed E-state index contributed by atoms with van der Waals surface area (Å²) in [5, 5.41) is 61.9. The van der Waals surface area contributed by atoms with Gasteiger partial charge in [0.15, 0.2) is 11.4 Å². The molecule has 13 nitrogen and oxygen atoms in total. The summed E-state index contributed by atoms with van der Waals surface area (Å²) in [6, 6.07) is 18.4. The van der Waals surface area contributed by atoms with Crippen molar-refractivity contribution < 1.29 is 49.4 Å². The van der Waals surface area contributed by atoms with Crippen molar-refractivity contribution in [1.29, 1.82) is 0 Å². The zero-order chi connectivity index (χ0) is 35.7. The van der Waals surface area contributed by atoms with Gasteiger partial charge in [0, 0.05) is 36.4 Å². The Morgan fingerprint density at radius 1 is 0.920 bits per heavy atom. The fourth-order valence-corrected chi connectivity index (χ4v) is 8.21. The summed E-state index contributed by atoms with van der Waals surface area (Å²) in [4.78, 5) is 52.8. The molecule has 2 amide bonds. The van der Waals surface area contributed by atoms with E-state index in [9.17, 15) is 44.7 Å². The quantitative estimate of drug-likeness (QED) is 0.133. The topological polar surface area (TPSA) is 229 Å². The van der Waals surface area contributed by atoms with Gasteiger partial charge in [-0.05, 0) is 47.2 Å². The number of hydrogen-bond acceptors (Lipinski definition) is 11. The molecule has 0 radical (unpaired) electrons. The van der Waals surface area contributed by atoms with Gasteiger partial charge in [-0.15, -0.1) is 0 Å². The lowest BCUT2D eigenvalue weighted by Gasteiger charge is -2.52. The van der Waals surface area contributed by atoms with Crippen molar-refractivity contribution >= 4 is 29.3 Å². The molecule has 0 unspecified atom stereocenters. The Hall–Kier alpha value is -5.50. The molecule has 3 aromatic rings. The first-order chi connectivity index (χ1) is 23.8. The Balaban J connectivity index is 1.09. The molecule has 258 valence electrons. The number of rotatable bonds is 7. The van der Waals surface area contributed by atoms with E-state index in [1.807, 2.05) is 48.5 Å². The summed E-state index contributed by atoms with van der Waals surface area (Å²) < 4.78 is 5.56. The van der Waals surface area contributed by atoms with Crippen LogP contribution in [0.2, 0.25) is 0 Å². The minimum atomic E-state index is -2.91. The van der Waals surface area contributed by atoms with Crippen molar-refractivity contribution in [1.82, 2.24) is 10.6 Å². The Morgan fingerprint density at radius 2 is 1.56 bits per heavy atom. The van der Waals surface area contributed by atoms with Gasteiger partial charge in [0.1, 0.15) is 29.4 Å². The molecule has 1 saturated carbocycles. The number of Topliss-reactive ketones (excluding diaryl/α,β-unsaturated/α-hetero) is 2. The number of fused-ring (bicyclic) bond motifs is 6. The highest BCUT2D eigenvalue weighted by Crippen LogP contribution is 2.56. The molecule has 5 atom stereocenters. The Labute approximate surface area is 285 Å². The second-order valence-electron chi connectivity index (χ2n) is 13.2. The second kappa shape index (κ2) is 11.8. The van der Waals surface area contributed by atoms with E-state index in [0.717, 1.165) is 22.3 Å². The highest BCUT2D eigenvalue weighted by atomic mass is 16.5. The number of benzene rings is 3. The van der Waals surface area contributed by atoms with Crippen LogP contribution in [0.3, 0.4) is 0 Å². The molecular formula is C37H35N3O10. The predicted molar refractivity (Wildman–Crippen MR) is 177 cm³/mol. The van der Waals surface area contributed by atoms with Gasteiger partial charge in [-0.3, -0.25) is 14.4 Å². The number of hydrogen-bond donors (Lipinski definition) is 8. The Kier molecular flexibility index (Phi) is 7.81. The monoisotopic (exact) mass is 681 g/mol. The normalized spacial score (nSPS) is 26.8. The number of phenolic OH excluding ortho intramolecular Hbond substituents is 1. The summed E-state index contributed by atoms with van der Waals surface area (Å²) in [5.41, 5.74) is 3.27. The maximum absolute atomic E-state index is 14.1. The molecule has 50 heavy (non-hydrogen) atoms. The van der Waals surface area contributed by atoms with Gasteiger partial charge in [-0.25, -0.2) is 4.79 Å². The number of nitrogens with one attached hydrogen (secondary N) is 2. The van der Waals surface area contributed by atoms with E-state index in [2.05, 4.69) is 10.6 Å². The number of amides is 2. The Morgan fingerprint density at radius 3 is 2.20 bits per heavy atom. The third kappa shape index (κ3) is 4.72. The highest BCUT2D eigenvalue weighted by molar-refractivity contribution is 6.24. The summed E-state index contributed by atoms with van der Waals surface area (Å²) in [7, 11) is 0. The molecule has 13 heteroatoms. The van der Waals surface area contributed by atoms with Gasteiger partial charge in [0.25, 0.3) is 5.91 Å². The number of phenols is 1. The van der Waals surface area contributed by atoms with Crippen molar-refractivity contribution in [2.24, 2.45) is 17.6 Å². The first-order valence-corrected chi connectivity index (χ1v) is 16.2. The van der Waals surface area contributed by atoms with Crippen LogP contribution in [0.15, 0.2) is 83.6 Å². The lowest BCUT2D eigenvalue weighted by Crippen LogP contribution is -2.67. The molecule has 0 bridgehead atoms. The molecule has 3 aromatic carbocycles. The number of aliphatic hydroxyl groups excluding tert-OH is 2. The fraction of sp³-hybridized carbons (Fsp3) is 0.297. The molecule has 0 aromatic heterocycles. The van der Waals surface area contributed by atoms with Crippen molar-refractivity contribution in [3.63, 3.8) is 0 Å². The molecule has 7 rings (SSSR count). The molecule has 1 fully saturated rings. The average molecular weight is 682 g/mol. The van der Waals surface area contributed by atoms with E-state index < -0.39 is 81.1 Å². The number of alkyl carbamates (subject to hydrolysis) is 1. The van der Waals surface area contributed by atoms with Crippen LogP contribution < -0.4 is 16.4 Å². The predicted octanol–water partition coefficient (Wildman–Crippen LogP) is 2.20.